The van der Waals surface area contributed by atoms with E-state index < -0.39 is 17.4 Å². The highest BCUT2D eigenvalue weighted by Crippen LogP contribution is 2.30. The minimum Gasteiger partial charge on any atom is -0.480 e. The Balaban J connectivity index is 2.42. The Morgan fingerprint density at radius 3 is 1.70 bits per heavy atom. The Morgan fingerprint density at radius 2 is 1.35 bits per heavy atom. The summed E-state index contributed by atoms with van der Waals surface area (Å²) in [5, 5.41) is 9.84. The maximum absolute atomic E-state index is 12.5. The average Bonchev–Trinajstić information content (AvgIpc) is 2.56. The largest absolute Gasteiger partial charge is 0.480 e. The Labute approximate surface area is 135 Å². The molecule has 0 unspecified atom stereocenters. The maximum atomic E-state index is 12.5. The van der Waals surface area contributed by atoms with E-state index in [4.69, 9.17) is 4.74 Å². The van der Waals surface area contributed by atoms with Crippen LogP contribution in [-0.2, 0) is 27.2 Å². The molecule has 0 aliphatic carbocycles. The minimum atomic E-state index is -1.63. The van der Waals surface area contributed by atoms with Gasteiger partial charge in [-0.3, -0.25) is 9.59 Å². The van der Waals surface area contributed by atoms with Crippen LogP contribution < -0.4 is 0 Å². The van der Waals surface area contributed by atoms with Crippen LogP contribution in [0.2, 0.25) is 0 Å². The van der Waals surface area contributed by atoms with Crippen LogP contribution in [0.5, 0.6) is 0 Å². The van der Waals surface area contributed by atoms with E-state index in [1.807, 2.05) is 60.7 Å². The average molecular weight is 312 g/mol. The van der Waals surface area contributed by atoms with Crippen LogP contribution in [0.15, 0.2) is 60.7 Å². The highest BCUT2D eigenvalue weighted by atomic mass is 16.5. The van der Waals surface area contributed by atoms with Gasteiger partial charge in [-0.15, -0.1) is 0 Å². The van der Waals surface area contributed by atoms with Crippen LogP contribution in [0.25, 0.3) is 0 Å². The van der Waals surface area contributed by atoms with E-state index in [0.717, 1.165) is 11.1 Å². The molecule has 4 nitrogen and oxygen atoms in total. The summed E-state index contributed by atoms with van der Waals surface area (Å²) in [5.74, 6) is -1.86. The Kier molecular flexibility index (Phi) is 5.52. The predicted molar refractivity (Wildman–Crippen MR) is 87.0 cm³/mol. The quantitative estimate of drug-likeness (QED) is 0.630. The molecule has 0 fully saturated rings. The van der Waals surface area contributed by atoms with Crippen molar-refractivity contribution in [2.45, 2.75) is 19.8 Å². The van der Waals surface area contributed by atoms with Crippen LogP contribution in [0.3, 0.4) is 0 Å². The third-order valence-electron chi connectivity index (χ3n) is 3.77. The number of aliphatic carboxylic acids is 1. The summed E-state index contributed by atoms with van der Waals surface area (Å²) in [7, 11) is 0. The van der Waals surface area contributed by atoms with Gasteiger partial charge in [0.15, 0.2) is 5.41 Å². The summed E-state index contributed by atoms with van der Waals surface area (Å²) in [6, 6.07) is 18.3. The summed E-state index contributed by atoms with van der Waals surface area (Å²) in [6.45, 7) is 1.83. The van der Waals surface area contributed by atoms with E-state index in [0.29, 0.717) is 0 Å². The van der Waals surface area contributed by atoms with Gasteiger partial charge in [0.05, 0.1) is 6.61 Å². The summed E-state index contributed by atoms with van der Waals surface area (Å²) < 4.78 is 5.09. The number of ether oxygens (including phenoxy) is 1. The highest BCUT2D eigenvalue weighted by Gasteiger charge is 2.47. The van der Waals surface area contributed by atoms with E-state index in [1.54, 1.807) is 6.92 Å². The zero-order chi connectivity index (χ0) is 16.7. The molecule has 4 heteroatoms. The zero-order valence-corrected chi connectivity index (χ0v) is 13.1. The molecule has 120 valence electrons. The SMILES string of the molecule is CCOC(=O)C(Cc1ccccc1)(Cc1ccccc1)C(=O)O. The lowest BCUT2D eigenvalue weighted by Crippen LogP contribution is -2.44. The van der Waals surface area contributed by atoms with Gasteiger partial charge in [-0.2, -0.15) is 0 Å². The molecule has 23 heavy (non-hydrogen) atoms. The van der Waals surface area contributed by atoms with Crippen molar-refractivity contribution in [3.8, 4) is 0 Å². The molecule has 1 N–H and O–H groups in total. The van der Waals surface area contributed by atoms with E-state index >= 15 is 0 Å². The predicted octanol–water partition coefficient (Wildman–Crippen LogP) is 3.11. The second-order valence-electron chi connectivity index (χ2n) is 5.43. The fourth-order valence-electron chi connectivity index (χ4n) is 2.60. The topological polar surface area (TPSA) is 63.6 Å². The van der Waals surface area contributed by atoms with Crippen LogP contribution in [0.1, 0.15) is 18.1 Å². The lowest BCUT2D eigenvalue weighted by atomic mass is 9.76. The molecular formula is C19H20O4. The monoisotopic (exact) mass is 312 g/mol. The van der Waals surface area contributed by atoms with Crippen molar-refractivity contribution in [2.75, 3.05) is 6.61 Å². The molecule has 2 rings (SSSR count). The summed E-state index contributed by atoms with van der Waals surface area (Å²) in [6.07, 6.45) is 0.188. The molecule has 0 aliphatic heterocycles. The molecule has 0 heterocycles. The molecule has 0 spiro atoms. The van der Waals surface area contributed by atoms with Gasteiger partial charge in [0.1, 0.15) is 0 Å². The van der Waals surface area contributed by atoms with Crippen LogP contribution in [0, 0.1) is 5.41 Å². The molecule has 0 saturated carbocycles. The molecule has 2 aromatic carbocycles. The number of esters is 1. The van der Waals surface area contributed by atoms with Crippen LogP contribution in [-0.4, -0.2) is 23.7 Å². The van der Waals surface area contributed by atoms with Gasteiger partial charge in [-0.1, -0.05) is 60.7 Å². The van der Waals surface area contributed by atoms with E-state index in [2.05, 4.69) is 0 Å². The number of benzene rings is 2. The lowest BCUT2D eigenvalue weighted by molar-refractivity contribution is -0.168. The number of hydrogen-bond donors (Lipinski definition) is 1. The third kappa shape index (κ3) is 3.97. The Morgan fingerprint density at radius 1 is 0.913 bits per heavy atom. The summed E-state index contributed by atoms with van der Waals surface area (Å²) in [5.41, 5.74) is -0.0450. The summed E-state index contributed by atoms with van der Waals surface area (Å²) in [4.78, 5) is 24.6. The molecule has 2 aromatic rings. The van der Waals surface area contributed by atoms with Crippen molar-refractivity contribution >= 4 is 11.9 Å². The summed E-state index contributed by atoms with van der Waals surface area (Å²) >= 11 is 0. The first-order valence-electron chi connectivity index (χ1n) is 7.57. The van der Waals surface area contributed by atoms with Crippen LogP contribution >= 0.6 is 0 Å². The molecule has 0 aliphatic rings. The van der Waals surface area contributed by atoms with E-state index in [1.165, 1.54) is 0 Å². The van der Waals surface area contributed by atoms with Gasteiger partial charge in [-0.25, -0.2) is 0 Å². The van der Waals surface area contributed by atoms with Gasteiger partial charge in [-0.05, 0) is 30.9 Å². The molecule has 0 amide bonds. The number of carboxylic acid groups (broad SMARTS) is 1. The standard InChI is InChI=1S/C19H20O4/c1-2-23-18(22)19(17(20)21,13-15-9-5-3-6-10-15)14-16-11-7-4-8-12-16/h3-12H,2,13-14H2,1H3,(H,20,21). The van der Waals surface area contributed by atoms with Gasteiger partial charge in [0, 0.05) is 0 Å². The fraction of sp³-hybridized carbons (Fsp3) is 0.263. The van der Waals surface area contributed by atoms with Gasteiger partial charge in [0.2, 0.25) is 0 Å². The normalized spacial score (nSPS) is 11.0. The molecule has 0 aromatic heterocycles. The number of carboxylic acids is 1. The van der Waals surface area contributed by atoms with Gasteiger partial charge >= 0.3 is 11.9 Å². The molecular weight excluding hydrogens is 292 g/mol. The van der Waals surface area contributed by atoms with E-state index in [9.17, 15) is 14.7 Å². The third-order valence-corrected chi connectivity index (χ3v) is 3.77. The molecule has 0 saturated heterocycles. The van der Waals surface area contributed by atoms with Gasteiger partial charge < -0.3 is 9.84 Å². The molecule has 0 radical (unpaired) electrons. The maximum Gasteiger partial charge on any atom is 0.324 e. The number of carbonyl (C=O) groups is 2. The fourth-order valence-corrected chi connectivity index (χ4v) is 2.60. The van der Waals surface area contributed by atoms with E-state index in [-0.39, 0.29) is 19.4 Å². The second kappa shape index (κ2) is 7.58. The Hall–Kier alpha value is -2.62. The Bertz CT molecular complexity index is 608. The second-order valence-corrected chi connectivity index (χ2v) is 5.43. The van der Waals surface area contributed by atoms with Crippen molar-refractivity contribution in [1.29, 1.82) is 0 Å². The minimum absolute atomic E-state index is 0.0941. The first-order chi connectivity index (χ1) is 11.1. The smallest absolute Gasteiger partial charge is 0.324 e. The first-order valence-corrected chi connectivity index (χ1v) is 7.57. The highest BCUT2D eigenvalue weighted by molar-refractivity contribution is 5.99. The number of rotatable bonds is 7. The number of carbonyl (C=O) groups excluding carboxylic acids is 1. The first kappa shape index (κ1) is 16.7. The zero-order valence-electron chi connectivity index (χ0n) is 13.1. The van der Waals surface area contributed by atoms with Crippen molar-refractivity contribution in [2.24, 2.45) is 5.41 Å². The molecule has 0 bridgehead atoms. The van der Waals surface area contributed by atoms with Gasteiger partial charge in [0.25, 0.3) is 0 Å². The van der Waals surface area contributed by atoms with Crippen molar-refractivity contribution in [3.05, 3.63) is 71.8 Å². The lowest BCUT2D eigenvalue weighted by Gasteiger charge is -2.27. The van der Waals surface area contributed by atoms with Crippen molar-refractivity contribution in [1.82, 2.24) is 0 Å². The van der Waals surface area contributed by atoms with Crippen molar-refractivity contribution in [3.63, 3.8) is 0 Å². The van der Waals surface area contributed by atoms with Crippen LogP contribution in [0.4, 0.5) is 0 Å². The van der Waals surface area contributed by atoms with Crippen molar-refractivity contribution < 1.29 is 19.4 Å². The number of hydrogen-bond acceptors (Lipinski definition) is 3. The molecule has 0 atom stereocenters.